The Labute approximate surface area is 184 Å². The number of nitrogens with one attached hydrogen (secondary N) is 3. The van der Waals surface area contributed by atoms with Crippen molar-refractivity contribution in [3.05, 3.63) is 0 Å². The van der Waals surface area contributed by atoms with Gasteiger partial charge in [0.2, 0.25) is 23.6 Å². The molecule has 11 N–H and O–H groups in total. The molecule has 0 fully saturated rings. The van der Waals surface area contributed by atoms with Gasteiger partial charge in [-0.3, -0.25) is 24.0 Å². The molecule has 0 heterocycles. The molecule has 0 rings (SSSR count). The molecule has 0 aliphatic rings. The van der Waals surface area contributed by atoms with E-state index >= 15 is 0 Å². The standard InChI is InChI=1S/C18H32N6O8/c1-9(22-16(29)10(20)8-13(21)25)15(28)23-11(4-2-3-7-19)17(30)24-12(18(31)32)5-6-14(26)27/h9-12H,2-8,19-20H2,1H3,(H2,21,25)(H,22,29)(H,23,28)(H,24,30)(H,26,27)(H,31,32). The third-order valence-electron chi connectivity index (χ3n) is 4.35. The van der Waals surface area contributed by atoms with Crippen LogP contribution in [0.25, 0.3) is 0 Å². The van der Waals surface area contributed by atoms with Crippen molar-refractivity contribution in [2.24, 2.45) is 17.2 Å². The average Bonchev–Trinajstić information content (AvgIpc) is 2.68. The van der Waals surface area contributed by atoms with Gasteiger partial charge in [-0.2, -0.15) is 0 Å². The Morgan fingerprint density at radius 3 is 1.94 bits per heavy atom. The van der Waals surface area contributed by atoms with Gasteiger partial charge in [0.25, 0.3) is 0 Å². The van der Waals surface area contributed by atoms with Crippen LogP contribution in [-0.2, 0) is 28.8 Å². The maximum Gasteiger partial charge on any atom is 0.326 e. The number of carbonyl (C=O) groups excluding carboxylic acids is 4. The first-order chi connectivity index (χ1) is 14.9. The van der Waals surface area contributed by atoms with Crippen LogP contribution in [0.2, 0.25) is 0 Å². The number of carboxylic acid groups (broad SMARTS) is 2. The Morgan fingerprint density at radius 2 is 1.44 bits per heavy atom. The van der Waals surface area contributed by atoms with E-state index in [1.54, 1.807) is 0 Å². The smallest absolute Gasteiger partial charge is 0.326 e. The molecule has 0 aliphatic heterocycles. The van der Waals surface area contributed by atoms with Crippen LogP contribution in [0.15, 0.2) is 0 Å². The molecule has 0 aromatic rings. The van der Waals surface area contributed by atoms with Crippen LogP contribution in [0.3, 0.4) is 0 Å². The molecule has 0 saturated carbocycles. The Kier molecular flexibility index (Phi) is 13.2. The minimum Gasteiger partial charge on any atom is -0.481 e. The van der Waals surface area contributed by atoms with Gasteiger partial charge in [-0.15, -0.1) is 0 Å². The minimum absolute atomic E-state index is 0.127. The summed E-state index contributed by atoms with van der Waals surface area (Å²) in [5.74, 6) is -5.81. The highest BCUT2D eigenvalue weighted by atomic mass is 16.4. The van der Waals surface area contributed by atoms with E-state index in [4.69, 9.17) is 22.3 Å². The summed E-state index contributed by atoms with van der Waals surface area (Å²) in [6, 6.07) is -5.00. The molecule has 0 spiro atoms. The Morgan fingerprint density at radius 1 is 0.844 bits per heavy atom. The number of amides is 4. The molecule has 0 saturated heterocycles. The summed E-state index contributed by atoms with van der Waals surface area (Å²) in [4.78, 5) is 69.8. The molecule has 0 aromatic carbocycles. The number of hydrogen-bond acceptors (Lipinski definition) is 8. The first kappa shape index (κ1) is 28.7. The van der Waals surface area contributed by atoms with Crippen LogP contribution in [-0.4, -0.2) is 76.5 Å². The van der Waals surface area contributed by atoms with Crippen molar-refractivity contribution in [2.75, 3.05) is 6.54 Å². The van der Waals surface area contributed by atoms with Gasteiger partial charge in [0.15, 0.2) is 0 Å². The van der Waals surface area contributed by atoms with E-state index in [0.717, 1.165) is 0 Å². The zero-order valence-corrected chi connectivity index (χ0v) is 17.8. The maximum atomic E-state index is 12.6. The highest BCUT2D eigenvalue weighted by Gasteiger charge is 2.29. The lowest BCUT2D eigenvalue weighted by molar-refractivity contribution is -0.143. The number of primary amides is 1. The van der Waals surface area contributed by atoms with Crippen molar-refractivity contribution in [1.29, 1.82) is 0 Å². The molecule has 182 valence electrons. The lowest BCUT2D eigenvalue weighted by Crippen LogP contribution is -2.56. The molecule has 0 aromatic heterocycles. The number of unbranched alkanes of at least 4 members (excludes halogenated alkanes) is 1. The fourth-order valence-corrected chi connectivity index (χ4v) is 2.55. The molecule has 14 heteroatoms. The summed E-state index contributed by atoms with van der Waals surface area (Å²) >= 11 is 0. The van der Waals surface area contributed by atoms with Crippen molar-refractivity contribution >= 4 is 35.6 Å². The van der Waals surface area contributed by atoms with Crippen molar-refractivity contribution < 1.29 is 39.0 Å². The highest BCUT2D eigenvalue weighted by molar-refractivity contribution is 5.94. The van der Waals surface area contributed by atoms with Crippen molar-refractivity contribution in [1.82, 2.24) is 16.0 Å². The molecule has 32 heavy (non-hydrogen) atoms. The van der Waals surface area contributed by atoms with E-state index in [9.17, 15) is 33.9 Å². The summed E-state index contributed by atoms with van der Waals surface area (Å²) < 4.78 is 0. The first-order valence-electron chi connectivity index (χ1n) is 9.98. The summed E-state index contributed by atoms with van der Waals surface area (Å²) in [7, 11) is 0. The summed E-state index contributed by atoms with van der Waals surface area (Å²) in [5.41, 5.74) is 15.9. The third kappa shape index (κ3) is 11.8. The van der Waals surface area contributed by atoms with Gasteiger partial charge in [-0.05, 0) is 39.2 Å². The van der Waals surface area contributed by atoms with E-state index in [0.29, 0.717) is 19.4 Å². The molecule has 4 unspecified atom stereocenters. The topological polar surface area (TPSA) is 257 Å². The predicted molar refractivity (Wildman–Crippen MR) is 111 cm³/mol. The summed E-state index contributed by atoms with van der Waals surface area (Å²) in [6.45, 7) is 1.66. The van der Waals surface area contributed by atoms with Gasteiger partial charge in [0.1, 0.15) is 18.1 Å². The van der Waals surface area contributed by atoms with E-state index in [1.165, 1.54) is 6.92 Å². The molecular weight excluding hydrogens is 428 g/mol. The highest BCUT2D eigenvalue weighted by Crippen LogP contribution is 2.05. The second-order valence-corrected chi connectivity index (χ2v) is 7.18. The number of hydrogen-bond donors (Lipinski definition) is 8. The zero-order valence-electron chi connectivity index (χ0n) is 17.8. The molecule has 0 radical (unpaired) electrons. The van der Waals surface area contributed by atoms with Gasteiger partial charge < -0.3 is 43.4 Å². The predicted octanol–water partition coefficient (Wildman–Crippen LogP) is -3.26. The maximum absolute atomic E-state index is 12.6. The average molecular weight is 460 g/mol. The van der Waals surface area contributed by atoms with Crippen LogP contribution in [0.5, 0.6) is 0 Å². The van der Waals surface area contributed by atoms with E-state index in [2.05, 4.69) is 16.0 Å². The molecule has 0 aliphatic carbocycles. The Bertz CT molecular complexity index is 701. The first-order valence-corrected chi connectivity index (χ1v) is 9.98. The van der Waals surface area contributed by atoms with Gasteiger partial charge in [0, 0.05) is 6.42 Å². The monoisotopic (exact) mass is 460 g/mol. The summed E-state index contributed by atoms with van der Waals surface area (Å²) in [6.07, 6.45) is -0.138. The third-order valence-corrected chi connectivity index (χ3v) is 4.35. The molecular formula is C18H32N6O8. The number of carbonyl (C=O) groups is 6. The SMILES string of the molecule is CC(NC(=O)C(N)CC(N)=O)C(=O)NC(CCCCN)C(=O)NC(CCC(=O)O)C(=O)O. The van der Waals surface area contributed by atoms with Gasteiger partial charge in [-0.25, -0.2) is 4.79 Å². The Hall–Kier alpha value is -3.26. The van der Waals surface area contributed by atoms with E-state index in [1.807, 2.05) is 0 Å². The Balaban J connectivity index is 5.14. The van der Waals surface area contributed by atoms with E-state index in [-0.39, 0.29) is 12.8 Å². The normalized spacial score (nSPS) is 14.3. The van der Waals surface area contributed by atoms with Gasteiger partial charge in [-0.1, -0.05) is 0 Å². The summed E-state index contributed by atoms with van der Waals surface area (Å²) in [5, 5.41) is 24.9. The fraction of sp³-hybridized carbons (Fsp3) is 0.667. The number of rotatable bonds is 16. The number of aliphatic carboxylic acids is 2. The number of nitrogens with two attached hydrogens (primary N) is 3. The second kappa shape index (κ2) is 14.7. The molecule has 4 amide bonds. The lowest BCUT2D eigenvalue weighted by Gasteiger charge is -2.23. The van der Waals surface area contributed by atoms with Crippen molar-refractivity contribution in [3.63, 3.8) is 0 Å². The van der Waals surface area contributed by atoms with E-state index < -0.39 is 72.6 Å². The van der Waals surface area contributed by atoms with Crippen LogP contribution in [0.4, 0.5) is 0 Å². The van der Waals surface area contributed by atoms with Crippen molar-refractivity contribution in [3.8, 4) is 0 Å². The zero-order chi connectivity index (χ0) is 24.8. The molecule has 14 nitrogen and oxygen atoms in total. The minimum atomic E-state index is -1.46. The van der Waals surface area contributed by atoms with Crippen LogP contribution >= 0.6 is 0 Å². The molecule has 4 atom stereocenters. The van der Waals surface area contributed by atoms with Crippen LogP contribution in [0.1, 0.15) is 45.4 Å². The largest absolute Gasteiger partial charge is 0.481 e. The van der Waals surface area contributed by atoms with Gasteiger partial charge in [0.05, 0.1) is 12.5 Å². The fourth-order valence-electron chi connectivity index (χ4n) is 2.55. The number of carboxylic acids is 2. The van der Waals surface area contributed by atoms with Crippen molar-refractivity contribution in [2.45, 2.75) is 69.6 Å². The van der Waals surface area contributed by atoms with Crippen LogP contribution in [0, 0.1) is 0 Å². The van der Waals surface area contributed by atoms with Gasteiger partial charge >= 0.3 is 11.9 Å². The second-order valence-electron chi connectivity index (χ2n) is 7.18. The van der Waals surface area contributed by atoms with Crippen LogP contribution < -0.4 is 33.2 Å². The lowest BCUT2D eigenvalue weighted by atomic mass is 10.1. The quantitative estimate of drug-likeness (QED) is 0.107. The molecule has 0 bridgehead atoms.